The summed E-state index contributed by atoms with van der Waals surface area (Å²) in [6, 6.07) is 3.03. The van der Waals surface area contributed by atoms with Crippen LogP contribution in [-0.4, -0.2) is 54.3 Å². The highest BCUT2D eigenvalue weighted by Gasteiger charge is 2.25. The van der Waals surface area contributed by atoms with Crippen molar-refractivity contribution >= 4 is 11.9 Å². The molecule has 1 heterocycles. The van der Waals surface area contributed by atoms with Gasteiger partial charge in [0.25, 0.3) is 0 Å². The van der Waals surface area contributed by atoms with Crippen LogP contribution < -0.4 is 4.74 Å². The third-order valence-electron chi connectivity index (χ3n) is 3.58. The van der Waals surface area contributed by atoms with Gasteiger partial charge in [-0.25, -0.2) is 8.78 Å². The zero-order valence-electron chi connectivity index (χ0n) is 13.0. The highest BCUT2D eigenvalue weighted by Crippen LogP contribution is 2.18. The molecule has 1 aromatic carbocycles. The Bertz CT molecular complexity index is 596. The van der Waals surface area contributed by atoms with Gasteiger partial charge in [-0.3, -0.25) is 9.59 Å². The smallest absolute Gasteiger partial charge is 0.306 e. The molecule has 0 spiro atoms. The number of carbonyl (C=O) groups is 2. The second-order valence-electron chi connectivity index (χ2n) is 5.46. The molecule has 0 aromatic heterocycles. The molecule has 1 aliphatic rings. The summed E-state index contributed by atoms with van der Waals surface area (Å²) in [6.07, 6.45) is -0.0691. The van der Waals surface area contributed by atoms with Crippen LogP contribution in [0.2, 0.25) is 0 Å². The van der Waals surface area contributed by atoms with E-state index < -0.39 is 23.7 Å². The van der Waals surface area contributed by atoms with E-state index in [-0.39, 0.29) is 37.6 Å². The Labute approximate surface area is 138 Å². The summed E-state index contributed by atoms with van der Waals surface area (Å²) in [5.41, 5.74) is 0. The minimum absolute atomic E-state index is 0.0586. The molecule has 1 amide bonds. The standard InChI is InChI=1S/C16H19F2NO5/c17-11-3-4-14(13(18)8-11)24-6-1-2-15(20)19-5-7-23-12(10-19)9-16(21)22/h3-4,8,12H,1-2,5-7,9-10H2,(H,21,22)/t12-/m0/s1. The van der Waals surface area contributed by atoms with E-state index in [0.717, 1.165) is 12.1 Å². The number of ether oxygens (including phenoxy) is 2. The van der Waals surface area contributed by atoms with Crippen molar-refractivity contribution in [2.45, 2.75) is 25.4 Å². The van der Waals surface area contributed by atoms with Crippen LogP contribution >= 0.6 is 0 Å². The molecule has 6 nitrogen and oxygen atoms in total. The molecule has 24 heavy (non-hydrogen) atoms. The number of hydrogen-bond donors (Lipinski definition) is 1. The fraction of sp³-hybridized carbons (Fsp3) is 0.500. The Balaban J connectivity index is 1.71. The van der Waals surface area contributed by atoms with Gasteiger partial charge in [-0.15, -0.1) is 0 Å². The molecular formula is C16H19F2NO5. The van der Waals surface area contributed by atoms with Crippen LogP contribution in [0, 0.1) is 11.6 Å². The Morgan fingerprint density at radius 3 is 2.88 bits per heavy atom. The van der Waals surface area contributed by atoms with Crippen LogP contribution in [0.1, 0.15) is 19.3 Å². The molecule has 0 radical (unpaired) electrons. The van der Waals surface area contributed by atoms with Gasteiger partial charge in [0.15, 0.2) is 11.6 Å². The normalized spacial score (nSPS) is 17.6. The zero-order chi connectivity index (χ0) is 17.5. The Morgan fingerprint density at radius 1 is 1.38 bits per heavy atom. The van der Waals surface area contributed by atoms with Crippen LogP contribution in [0.3, 0.4) is 0 Å². The second kappa shape index (κ2) is 8.58. The molecule has 1 aromatic rings. The molecule has 8 heteroatoms. The van der Waals surface area contributed by atoms with Crippen LogP contribution in [0.4, 0.5) is 8.78 Å². The van der Waals surface area contributed by atoms with E-state index in [9.17, 15) is 18.4 Å². The van der Waals surface area contributed by atoms with Crippen molar-refractivity contribution < 1.29 is 33.0 Å². The summed E-state index contributed by atoms with van der Waals surface area (Å²) in [7, 11) is 0. The van der Waals surface area contributed by atoms with Crippen LogP contribution in [0.15, 0.2) is 18.2 Å². The van der Waals surface area contributed by atoms with Gasteiger partial charge in [0, 0.05) is 25.6 Å². The third-order valence-corrected chi connectivity index (χ3v) is 3.58. The quantitative estimate of drug-likeness (QED) is 0.765. The zero-order valence-corrected chi connectivity index (χ0v) is 13.0. The molecule has 0 saturated carbocycles. The summed E-state index contributed by atoms with van der Waals surface area (Å²) >= 11 is 0. The van der Waals surface area contributed by atoms with E-state index in [0.29, 0.717) is 19.6 Å². The number of morpholine rings is 1. The van der Waals surface area contributed by atoms with Gasteiger partial charge in [-0.05, 0) is 18.6 Å². The number of amides is 1. The van der Waals surface area contributed by atoms with Crippen LogP contribution in [-0.2, 0) is 14.3 Å². The molecule has 1 N–H and O–H groups in total. The van der Waals surface area contributed by atoms with Gasteiger partial charge in [-0.1, -0.05) is 0 Å². The summed E-state index contributed by atoms with van der Waals surface area (Å²) in [5, 5.41) is 8.76. The van der Waals surface area contributed by atoms with Crippen molar-refractivity contribution in [1.29, 1.82) is 0 Å². The number of rotatable bonds is 7. The van der Waals surface area contributed by atoms with Crippen molar-refractivity contribution in [3.8, 4) is 5.75 Å². The molecule has 1 saturated heterocycles. The molecule has 2 rings (SSSR count). The Kier molecular flexibility index (Phi) is 6.48. The van der Waals surface area contributed by atoms with E-state index in [4.69, 9.17) is 14.6 Å². The highest BCUT2D eigenvalue weighted by atomic mass is 19.1. The molecule has 0 bridgehead atoms. The van der Waals surface area contributed by atoms with E-state index in [1.807, 2.05) is 0 Å². The maximum Gasteiger partial charge on any atom is 0.306 e. The van der Waals surface area contributed by atoms with E-state index >= 15 is 0 Å². The largest absolute Gasteiger partial charge is 0.491 e. The number of aliphatic carboxylic acids is 1. The van der Waals surface area contributed by atoms with Crippen LogP contribution in [0.25, 0.3) is 0 Å². The lowest BCUT2D eigenvalue weighted by molar-refractivity contribution is -0.147. The maximum atomic E-state index is 13.4. The lowest BCUT2D eigenvalue weighted by Crippen LogP contribution is -2.46. The van der Waals surface area contributed by atoms with Crippen molar-refractivity contribution in [3.63, 3.8) is 0 Å². The van der Waals surface area contributed by atoms with Gasteiger partial charge < -0.3 is 19.5 Å². The number of carboxylic acids is 1. The van der Waals surface area contributed by atoms with E-state index in [2.05, 4.69) is 0 Å². The van der Waals surface area contributed by atoms with Crippen LogP contribution in [0.5, 0.6) is 5.75 Å². The SMILES string of the molecule is O=C(O)C[C@H]1CN(C(=O)CCCOc2ccc(F)cc2F)CCO1. The van der Waals surface area contributed by atoms with Crippen molar-refractivity contribution in [1.82, 2.24) is 4.90 Å². The van der Waals surface area contributed by atoms with Gasteiger partial charge in [0.05, 0.1) is 25.7 Å². The summed E-state index contributed by atoms with van der Waals surface area (Å²) in [6.45, 7) is 1.10. The second-order valence-corrected chi connectivity index (χ2v) is 5.46. The van der Waals surface area contributed by atoms with Gasteiger partial charge in [-0.2, -0.15) is 0 Å². The molecule has 132 valence electrons. The fourth-order valence-electron chi connectivity index (χ4n) is 2.42. The molecule has 1 atom stereocenters. The van der Waals surface area contributed by atoms with Gasteiger partial charge >= 0.3 is 5.97 Å². The molecular weight excluding hydrogens is 324 g/mol. The monoisotopic (exact) mass is 343 g/mol. The summed E-state index contributed by atoms with van der Waals surface area (Å²) < 4.78 is 36.6. The maximum absolute atomic E-state index is 13.4. The number of carbonyl (C=O) groups excluding carboxylic acids is 1. The number of carboxylic acid groups (broad SMARTS) is 1. The minimum Gasteiger partial charge on any atom is -0.491 e. The fourth-order valence-corrected chi connectivity index (χ4v) is 2.42. The first-order chi connectivity index (χ1) is 11.5. The third kappa shape index (κ3) is 5.45. The lowest BCUT2D eigenvalue weighted by Gasteiger charge is -2.32. The number of halogens is 2. The summed E-state index contributed by atoms with van der Waals surface area (Å²) in [4.78, 5) is 24.3. The average molecular weight is 343 g/mol. The topological polar surface area (TPSA) is 76.1 Å². The lowest BCUT2D eigenvalue weighted by atomic mass is 10.2. The minimum atomic E-state index is -0.968. The number of benzene rings is 1. The Hall–Kier alpha value is -2.22. The first-order valence-electron chi connectivity index (χ1n) is 7.64. The Morgan fingerprint density at radius 2 is 2.17 bits per heavy atom. The molecule has 1 aliphatic heterocycles. The number of hydrogen-bond acceptors (Lipinski definition) is 4. The van der Waals surface area contributed by atoms with Gasteiger partial charge in [0.2, 0.25) is 5.91 Å². The average Bonchev–Trinajstić information content (AvgIpc) is 2.52. The molecule has 1 fully saturated rings. The van der Waals surface area contributed by atoms with Crippen molar-refractivity contribution in [2.75, 3.05) is 26.3 Å². The van der Waals surface area contributed by atoms with Crippen molar-refractivity contribution in [2.24, 2.45) is 0 Å². The number of nitrogens with zero attached hydrogens (tertiary/aromatic N) is 1. The van der Waals surface area contributed by atoms with Crippen molar-refractivity contribution in [3.05, 3.63) is 29.8 Å². The van der Waals surface area contributed by atoms with E-state index in [1.54, 1.807) is 4.90 Å². The van der Waals surface area contributed by atoms with E-state index in [1.165, 1.54) is 6.07 Å². The summed E-state index contributed by atoms with van der Waals surface area (Å²) in [5.74, 6) is -2.62. The first-order valence-corrected chi connectivity index (χ1v) is 7.64. The highest BCUT2D eigenvalue weighted by molar-refractivity contribution is 5.76. The first kappa shape index (κ1) is 18.1. The molecule has 0 unspecified atom stereocenters. The van der Waals surface area contributed by atoms with Gasteiger partial charge in [0.1, 0.15) is 5.82 Å². The predicted molar refractivity (Wildman–Crippen MR) is 79.7 cm³/mol. The molecule has 0 aliphatic carbocycles. The predicted octanol–water partition coefficient (Wildman–Crippen LogP) is 1.83.